The van der Waals surface area contributed by atoms with Gasteiger partial charge in [0.25, 0.3) is 10.1 Å². The fraction of sp³-hybridized carbons (Fsp3) is 0.100. The van der Waals surface area contributed by atoms with Gasteiger partial charge in [-0.3, -0.25) is 4.55 Å². The molecule has 0 spiro atoms. The maximum atomic E-state index is 11.3. The Bertz CT molecular complexity index is 604. The van der Waals surface area contributed by atoms with Crippen molar-refractivity contribution in [3.63, 3.8) is 0 Å². The van der Waals surface area contributed by atoms with Crippen molar-refractivity contribution in [2.75, 3.05) is 5.32 Å². The Morgan fingerprint density at radius 1 is 1.22 bits per heavy atom. The van der Waals surface area contributed by atoms with Crippen molar-refractivity contribution in [3.8, 4) is 0 Å². The molecule has 2 rings (SSSR count). The van der Waals surface area contributed by atoms with E-state index in [-0.39, 0.29) is 5.56 Å². The largest absolute Gasteiger partial charge is 0.348 e. The molecule has 8 heteroatoms. The van der Waals surface area contributed by atoms with Crippen molar-refractivity contribution < 1.29 is 13.0 Å². The van der Waals surface area contributed by atoms with Crippen LogP contribution in [0, 0.1) is 0 Å². The molecule has 0 aliphatic carbocycles. The van der Waals surface area contributed by atoms with E-state index in [4.69, 9.17) is 0 Å². The van der Waals surface area contributed by atoms with E-state index >= 15 is 0 Å². The maximum Gasteiger partial charge on any atom is 0.290 e. The molecule has 1 unspecified atom stereocenters. The highest BCUT2D eigenvalue weighted by Gasteiger charge is 2.25. The van der Waals surface area contributed by atoms with Crippen molar-refractivity contribution in [1.29, 1.82) is 0 Å². The topological polar surface area (TPSA) is 105 Å². The number of pyridine rings is 1. The molecule has 0 amide bonds. The van der Waals surface area contributed by atoms with E-state index in [0.717, 1.165) is 0 Å². The first kappa shape index (κ1) is 12.4. The Hall–Kier alpha value is -2.06. The monoisotopic (exact) mass is 266 g/mol. The van der Waals surface area contributed by atoms with Gasteiger partial charge in [0.2, 0.25) is 0 Å². The van der Waals surface area contributed by atoms with Crippen LogP contribution in [0.15, 0.2) is 43.1 Å². The average Bonchev–Trinajstić information content (AvgIpc) is 2.37. The van der Waals surface area contributed by atoms with Gasteiger partial charge in [0.15, 0.2) is 5.37 Å². The second-order valence-electron chi connectivity index (χ2n) is 3.43. The Morgan fingerprint density at radius 2 is 1.94 bits per heavy atom. The summed E-state index contributed by atoms with van der Waals surface area (Å²) in [6, 6.07) is 4.97. The fourth-order valence-electron chi connectivity index (χ4n) is 1.36. The summed E-state index contributed by atoms with van der Waals surface area (Å²) >= 11 is 0. The van der Waals surface area contributed by atoms with E-state index in [2.05, 4.69) is 20.3 Å². The lowest BCUT2D eigenvalue weighted by Gasteiger charge is -2.15. The summed E-state index contributed by atoms with van der Waals surface area (Å²) in [6.07, 6.45) is 5.39. The number of hydrogen-bond acceptors (Lipinski definition) is 6. The summed E-state index contributed by atoms with van der Waals surface area (Å²) in [4.78, 5) is 11.4. The summed E-state index contributed by atoms with van der Waals surface area (Å²) in [7, 11) is -4.35. The van der Waals surface area contributed by atoms with Crippen LogP contribution in [0.2, 0.25) is 0 Å². The number of nitrogens with zero attached hydrogens (tertiary/aromatic N) is 3. The molecule has 0 saturated carbocycles. The summed E-state index contributed by atoms with van der Waals surface area (Å²) in [5, 5.41) is 1.25. The van der Waals surface area contributed by atoms with Crippen molar-refractivity contribution in [3.05, 3.63) is 48.7 Å². The van der Waals surface area contributed by atoms with Crippen LogP contribution in [0.1, 0.15) is 10.9 Å². The Morgan fingerprint density at radius 3 is 2.50 bits per heavy atom. The molecular weight excluding hydrogens is 256 g/mol. The first-order valence-electron chi connectivity index (χ1n) is 4.96. The van der Waals surface area contributed by atoms with Gasteiger partial charge in [0.1, 0.15) is 12.1 Å². The number of aromatic nitrogens is 3. The molecule has 2 aromatic heterocycles. The van der Waals surface area contributed by atoms with E-state index < -0.39 is 15.5 Å². The Kier molecular flexibility index (Phi) is 3.49. The predicted molar refractivity (Wildman–Crippen MR) is 64.2 cm³/mol. The first-order chi connectivity index (χ1) is 8.57. The molecule has 2 aromatic rings. The molecule has 0 radical (unpaired) electrons. The molecule has 94 valence electrons. The normalized spacial score (nSPS) is 12.9. The zero-order valence-electron chi connectivity index (χ0n) is 9.13. The second-order valence-corrected chi connectivity index (χ2v) is 4.93. The molecule has 0 aliphatic heterocycles. The van der Waals surface area contributed by atoms with Crippen LogP contribution in [0.25, 0.3) is 0 Å². The number of nitrogens with one attached hydrogen (secondary N) is 1. The minimum Gasteiger partial charge on any atom is -0.348 e. The minimum absolute atomic E-state index is 0.227. The highest BCUT2D eigenvalue weighted by molar-refractivity contribution is 7.86. The van der Waals surface area contributed by atoms with Crippen LogP contribution in [0.4, 0.5) is 5.82 Å². The van der Waals surface area contributed by atoms with Gasteiger partial charge in [-0.2, -0.15) is 8.42 Å². The molecule has 2 heterocycles. The van der Waals surface area contributed by atoms with Crippen molar-refractivity contribution in [1.82, 2.24) is 15.0 Å². The van der Waals surface area contributed by atoms with Crippen LogP contribution in [0.5, 0.6) is 0 Å². The van der Waals surface area contributed by atoms with E-state index in [0.29, 0.717) is 5.82 Å². The lowest BCUT2D eigenvalue weighted by Crippen LogP contribution is -2.21. The van der Waals surface area contributed by atoms with E-state index in [1.165, 1.54) is 24.9 Å². The molecule has 0 saturated heterocycles. The molecule has 2 N–H and O–H groups in total. The molecule has 0 fully saturated rings. The first-order valence-corrected chi connectivity index (χ1v) is 6.46. The Labute approximate surface area is 104 Å². The SMILES string of the molecule is O=S(=O)(O)C(Nc1ccccn1)c1cncnc1. The molecule has 0 bridgehead atoms. The lowest BCUT2D eigenvalue weighted by molar-refractivity contribution is 0.473. The van der Waals surface area contributed by atoms with Crippen molar-refractivity contribution in [2.45, 2.75) is 5.37 Å². The standard InChI is InChI=1S/C10H10N4O3S/c15-18(16,17)10(8-5-11-7-12-6-8)14-9-3-1-2-4-13-9/h1-7,10H,(H,13,14)(H,15,16,17). The molecule has 1 atom stereocenters. The highest BCUT2D eigenvalue weighted by Crippen LogP contribution is 2.21. The predicted octanol–water partition coefficient (Wildman–Crippen LogP) is 0.870. The highest BCUT2D eigenvalue weighted by atomic mass is 32.2. The number of hydrogen-bond donors (Lipinski definition) is 2. The van der Waals surface area contributed by atoms with Crippen LogP contribution in [-0.2, 0) is 10.1 Å². The van der Waals surface area contributed by atoms with Gasteiger partial charge in [0, 0.05) is 24.2 Å². The third-order valence-corrected chi connectivity index (χ3v) is 3.11. The van der Waals surface area contributed by atoms with Gasteiger partial charge in [-0.05, 0) is 12.1 Å². The van der Waals surface area contributed by atoms with Crippen molar-refractivity contribution in [2.24, 2.45) is 0 Å². The van der Waals surface area contributed by atoms with Crippen LogP contribution in [0.3, 0.4) is 0 Å². The second kappa shape index (κ2) is 5.07. The fourth-order valence-corrected chi connectivity index (χ4v) is 2.09. The van der Waals surface area contributed by atoms with E-state index in [1.807, 2.05) is 0 Å². The van der Waals surface area contributed by atoms with Gasteiger partial charge in [-0.15, -0.1) is 0 Å². The van der Waals surface area contributed by atoms with Gasteiger partial charge >= 0.3 is 0 Å². The van der Waals surface area contributed by atoms with E-state index in [9.17, 15) is 13.0 Å². The third-order valence-electron chi connectivity index (χ3n) is 2.13. The van der Waals surface area contributed by atoms with Gasteiger partial charge in [-0.1, -0.05) is 6.07 Å². The zero-order chi connectivity index (χ0) is 13.0. The van der Waals surface area contributed by atoms with Crippen LogP contribution in [-0.4, -0.2) is 27.9 Å². The summed E-state index contributed by atoms with van der Waals surface area (Å²) in [6.45, 7) is 0. The molecule has 0 aromatic carbocycles. The number of anilines is 1. The van der Waals surface area contributed by atoms with Crippen molar-refractivity contribution >= 4 is 15.9 Å². The van der Waals surface area contributed by atoms with E-state index in [1.54, 1.807) is 18.2 Å². The quantitative estimate of drug-likeness (QED) is 0.791. The Balaban J connectivity index is 2.34. The minimum atomic E-state index is -4.35. The summed E-state index contributed by atoms with van der Waals surface area (Å²) in [5.74, 6) is 0.323. The molecular formula is C10H10N4O3S. The number of rotatable bonds is 4. The average molecular weight is 266 g/mol. The summed E-state index contributed by atoms with van der Waals surface area (Å²) < 4.78 is 31.9. The van der Waals surface area contributed by atoms with Crippen LogP contribution < -0.4 is 5.32 Å². The molecule has 7 nitrogen and oxygen atoms in total. The smallest absolute Gasteiger partial charge is 0.290 e. The summed E-state index contributed by atoms with van der Waals surface area (Å²) in [5.41, 5.74) is 0.227. The molecule has 0 aliphatic rings. The maximum absolute atomic E-state index is 11.3. The molecule has 18 heavy (non-hydrogen) atoms. The van der Waals surface area contributed by atoms with Gasteiger partial charge in [0.05, 0.1) is 0 Å². The van der Waals surface area contributed by atoms with Gasteiger partial charge < -0.3 is 5.32 Å². The zero-order valence-corrected chi connectivity index (χ0v) is 9.95. The lowest BCUT2D eigenvalue weighted by atomic mass is 10.3. The van der Waals surface area contributed by atoms with Crippen LogP contribution >= 0.6 is 0 Å². The van der Waals surface area contributed by atoms with Gasteiger partial charge in [-0.25, -0.2) is 15.0 Å². The third kappa shape index (κ3) is 2.99.